The molecule has 0 bridgehead atoms. The number of carbonyl (C=O) groups excluding carboxylic acids is 1. The van der Waals surface area contributed by atoms with E-state index in [1.165, 1.54) is 0 Å². The van der Waals surface area contributed by atoms with Crippen molar-refractivity contribution in [3.05, 3.63) is 53.6 Å². The summed E-state index contributed by atoms with van der Waals surface area (Å²) in [6, 6.07) is 13.5. The Kier molecular flexibility index (Phi) is 3.75. The van der Waals surface area contributed by atoms with Crippen LogP contribution in [0, 0.1) is 0 Å². The summed E-state index contributed by atoms with van der Waals surface area (Å²) in [6.45, 7) is 0.624. The highest BCUT2D eigenvalue weighted by Crippen LogP contribution is 2.44. The fraction of sp³-hybridized carbons (Fsp3) is 0.278. The van der Waals surface area contributed by atoms with Gasteiger partial charge in [-0.2, -0.15) is 0 Å². The van der Waals surface area contributed by atoms with Crippen LogP contribution >= 0.6 is 0 Å². The first-order valence-corrected chi connectivity index (χ1v) is 7.22. The highest BCUT2D eigenvalue weighted by Gasteiger charge is 2.35. The van der Waals surface area contributed by atoms with E-state index in [1.807, 2.05) is 43.4 Å². The van der Waals surface area contributed by atoms with Crippen molar-refractivity contribution in [3.8, 4) is 11.5 Å². The number of fused-ring (bicyclic) bond motifs is 1. The molecule has 0 radical (unpaired) electrons. The van der Waals surface area contributed by atoms with E-state index in [9.17, 15) is 4.79 Å². The molecule has 0 spiro atoms. The number of ketones is 1. The minimum atomic E-state index is -0.195. The zero-order chi connectivity index (χ0) is 15.7. The third-order valence-electron chi connectivity index (χ3n) is 4.15. The van der Waals surface area contributed by atoms with E-state index in [-0.39, 0.29) is 11.7 Å². The third-order valence-corrected chi connectivity index (χ3v) is 4.15. The molecule has 0 saturated carbocycles. The van der Waals surface area contributed by atoms with Crippen LogP contribution in [0.25, 0.3) is 0 Å². The van der Waals surface area contributed by atoms with Crippen molar-refractivity contribution in [1.29, 1.82) is 0 Å². The number of carbonyl (C=O) groups is 1. The van der Waals surface area contributed by atoms with Gasteiger partial charge in [0.15, 0.2) is 5.78 Å². The van der Waals surface area contributed by atoms with Crippen LogP contribution in [-0.2, 0) is 0 Å². The van der Waals surface area contributed by atoms with Crippen molar-refractivity contribution in [2.24, 2.45) is 0 Å². The fourth-order valence-electron chi connectivity index (χ4n) is 3.07. The predicted molar refractivity (Wildman–Crippen MR) is 86.3 cm³/mol. The topological polar surface area (TPSA) is 38.8 Å². The van der Waals surface area contributed by atoms with Gasteiger partial charge in [0.1, 0.15) is 11.5 Å². The van der Waals surface area contributed by atoms with Crippen LogP contribution in [0.15, 0.2) is 42.5 Å². The van der Waals surface area contributed by atoms with E-state index in [4.69, 9.17) is 9.47 Å². The molecule has 4 nitrogen and oxygen atoms in total. The van der Waals surface area contributed by atoms with Gasteiger partial charge in [0.25, 0.3) is 0 Å². The van der Waals surface area contributed by atoms with Crippen LogP contribution in [0.3, 0.4) is 0 Å². The summed E-state index contributed by atoms with van der Waals surface area (Å²) >= 11 is 0. The molecule has 0 N–H and O–H groups in total. The summed E-state index contributed by atoms with van der Waals surface area (Å²) in [5, 5.41) is 0. The van der Waals surface area contributed by atoms with Gasteiger partial charge in [-0.05, 0) is 17.7 Å². The maximum atomic E-state index is 13.0. The number of nitrogens with zero attached hydrogens (tertiary/aromatic N) is 1. The Morgan fingerprint density at radius 3 is 2.27 bits per heavy atom. The smallest absolute Gasteiger partial charge is 0.178 e. The number of ether oxygens (including phenoxy) is 2. The summed E-state index contributed by atoms with van der Waals surface area (Å²) < 4.78 is 10.8. The van der Waals surface area contributed by atoms with Gasteiger partial charge in [-0.1, -0.05) is 30.3 Å². The van der Waals surface area contributed by atoms with E-state index in [1.54, 1.807) is 20.3 Å². The van der Waals surface area contributed by atoms with Gasteiger partial charge in [-0.3, -0.25) is 4.79 Å². The number of hydrogen-bond acceptors (Lipinski definition) is 4. The van der Waals surface area contributed by atoms with Crippen molar-refractivity contribution in [1.82, 2.24) is 0 Å². The minimum absolute atomic E-state index is 0.0788. The highest BCUT2D eigenvalue weighted by molar-refractivity contribution is 6.10. The van der Waals surface area contributed by atoms with Crippen LogP contribution in [-0.4, -0.2) is 33.6 Å². The summed E-state index contributed by atoms with van der Waals surface area (Å²) in [5.41, 5.74) is 2.43. The first-order valence-electron chi connectivity index (χ1n) is 7.22. The van der Waals surface area contributed by atoms with Crippen molar-refractivity contribution < 1.29 is 14.3 Å². The van der Waals surface area contributed by atoms with Crippen molar-refractivity contribution in [2.75, 3.05) is 32.7 Å². The van der Waals surface area contributed by atoms with Crippen LogP contribution < -0.4 is 14.4 Å². The molecular weight excluding hydrogens is 278 g/mol. The van der Waals surface area contributed by atoms with Crippen molar-refractivity contribution in [3.63, 3.8) is 0 Å². The lowest BCUT2D eigenvalue weighted by Crippen LogP contribution is -2.35. The molecule has 1 unspecified atom stereocenters. The molecule has 22 heavy (non-hydrogen) atoms. The van der Waals surface area contributed by atoms with Crippen LogP contribution in [0.1, 0.15) is 21.8 Å². The number of Topliss-reactive ketones (excluding diaryl/α,β-unsaturated/α-hetero) is 1. The highest BCUT2D eigenvalue weighted by atomic mass is 16.5. The lowest BCUT2D eigenvalue weighted by atomic mass is 9.85. The minimum Gasteiger partial charge on any atom is -0.496 e. The molecule has 0 amide bonds. The lowest BCUT2D eigenvalue weighted by Gasteiger charge is -2.34. The van der Waals surface area contributed by atoms with Crippen molar-refractivity contribution >= 4 is 11.5 Å². The normalized spacial score (nSPS) is 17.1. The Labute approximate surface area is 130 Å². The van der Waals surface area contributed by atoms with E-state index >= 15 is 0 Å². The van der Waals surface area contributed by atoms with Gasteiger partial charge in [0.05, 0.1) is 31.4 Å². The molecule has 1 heterocycles. The molecule has 2 aromatic rings. The maximum absolute atomic E-state index is 13.0. The zero-order valence-electron chi connectivity index (χ0n) is 13.0. The molecular formula is C18H19NO3. The molecule has 1 aliphatic rings. The van der Waals surface area contributed by atoms with Crippen molar-refractivity contribution in [2.45, 2.75) is 5.92 Å². The average Bonchev–Trinajstić information content (AvgIpc) is 2.57. The molecule has 1 atom stereocenters. The summed E-state index contributed by atoms with van der Waals surface area (Å²) in [5.74, 6) is 1.17. The number of benzene rings is 2. The second-order valence-electron chi connectivity index (χ2n) is 5.40. The average molecular weight is 297 g/mol. The molecule has 114 valence electrons. The number of anilines is 1. The molecule has 1 aliphatic heterocycles. The van der Waals surface area contributed by atoms with Gasteiger partial charge in [-0.25, -0.2) is 0 Å². The van der Waals surface area contributed by atoms with E-state index < -0.39 is 0 Å². The number of hydrogen-bond donors (Lipinski definition) is 0. The van der Waals surface area contributed by atoms with Gasteiger partial charge in [0, 0.05) is 13.6 Å². The monoisotopic (exact) mass is 297 g/mol. The first-order chi connectivity index (χ1) is 10.7. The lowest BCUT2D eigenvalue weighted by molar-refractivity contribution is 0.0952. The number of likely N-dealkylation sites (N-methyl/N-ethyl adjacent to an activating group) is 1. The molecule has 2 aromatic carbocycles. The van der Waals surface area contributed by atoms with Gasteiger partial charge in [-0.15, -0.1) is 0 Å². The van der Waals surface area contributed by atoms with E-state index in [0.717, 1.165) is 11.3 Å². The summed E-state index contributed by atoms with van der Waals surface area (Å²) in [6.07, 6.45) is 0. The van der Waals surface area contributed by atoms with Crippen LogP contribution in [0.2, 0.25) is 0 Å². The molecule has 4 heteroatoms. The third kappa shape index (κ3) is 2.21. The van der Waals surface area contributed by atoms with E-state index in [0.29, 0.717) is 23.6 Å². The number of rotatable bonds is 3. The Morgan fingerprint density at radius 2 is 1.64 bits per heavy atom. The predicted octanol–water partition coefficient (Wildman–Crippen LogP) is 3.12. The maximum Gasteiger partial charge on any atom is 0.178 e. The Morgan fingerprint density at radius 1 is 1.00 bits per heavy atom. The molecule has 0 saturated heterocycles. The molecule has 0 aromatic heterocycles. The Balaban J connectivity index is 2.15. The van der Waals surface area contributed by atoms with Gasteiger partial charge < -0.3 is 14.4 Å². The standard InChI is InChI=1S/C18H19NO3/c1-19-11-13(12-7-5-4-6-8-12)18(20)16-14(21-2)9-10-15(22-3)17(16)19/h4-10,13H,11H2,1-3H3. The quantitative estimate of drug-likeness (QED) is 0.872. The molecule has 3 rings (SSSR count). The van der Waals surface area contributed by atoms with Gasteiger partial charge in [0.2, 0.25) is 0 Å². The Bertz CT molecular complexity index is 697. The number of methoxy groups -OCH3 is 2. The van der Waals surface area contributed by atoms with Gasteiger partial charge >= 0.3 is 0 Å². The molecule has 0 fully saturated rings. The zero-order valence-corrected chi connectivity index (χ0v) is 13.0. The fourth-order valence-corrected chi connectivity index (χ4v) is 3.07. The summed E-state index contributed by atoms with van der Waals surface area (Å²) in [4.78, 5) is 15.1. The summed E-state index contributed by atoms with van der Waals surface area (Å²) in [7, 11) is 5.17. The molecule has 0 aliphatic carbocycles. The van der Waals surface area contributed by atoms with Crippen LogP contribution in [0.5, 0.6) is 11.5 Å². The second-order valence-corrected chi connectivity index (χ2v) is 5.40. The van der Waals surface area contributed by atoms with Crippen LogP contribution in [0.4, 0.5) is 5.69 Å². The second kappa shape index (κ2) is 5.72. The Hall–Kier alpha value is -2.49. The first kappa shape index (κ1) is 14.4. The SMILES string of the molecule is COc1ccc(OC)c2c1C(=O)C(c1ccccc1)CN2C. The largest absolute Gasteiger partial charge is 0.496 e. The van der Waals surface area contributed by atoms with E-state index in [2.05, 4.69) is 4.90 Å².